The summed E-state index contributed by atoms with van der Waals surface area (Å²) in [7, 11) is -5.42. The molecule has 2 aromatic carbocycles. The second-order valence-corrected chi connectivity index (χ2v) is 15.9. The molecule has 0 aliphatic carbocycles. The molecular formula is C22H31O3PSi. The Hall–Kier alpha value is -1.64. The highest BCUT2D eigenvalue weighted by molar-refractivity contribution is 7.64. The van der Waals surface area contributed by atoms with Crippen molar-refractivity contribution in [3.05, 3.63) is 60.7 Å². The largest absolute Gasteiger partial charge is 0.509 e. The lowest BCUT2D eigenvalue weighted by atomic mass is 10.2. The van der Waals surface area contributed by atoms with Crippen LogP contribution in [0.4, 0.5) is 0 Å². The fourth-order valence-electron chi connectivity index (χ4n) is 3.53. The quantitative estimate of drug-likeness (QED) is 0.506. The summed E-state index contributed by atoms with van der Waals surface area (Å²) in [6.07, 6.45) is 1.07. The van der Waals surface area contributed by atoms with Crippen molar-refractivity contribution in [2.75, 3.05) is 18.5 Å². The van der Waals surface area contributed by atoms with E-state index in [0.29, 0.717) is 12.3 Å². The average molecular weight is 403 g/mol. The van der Waals surface area contributed by atoms with Crippen LogP contribution in [0.1, 0.15) is 34.6 Å². The maximum absolute atomic E-state index is 13.0. The van der Waals surface area contributed by atoms with Gasteiger partial charge in [-0.1, -0.05) is 95.3 Å². The molecule has 0 amide bonds. The second-order valence-electron chi connectivity index (χ2n) is 7.99. The molecule has 3 nitrogen and oxygen atoms in total. The summed E-state index contributed by atoms with van der Waals surface area (Å²) in [5.74, 6) is -0.337. The number of hydrogen-bond acceptors (Lipinski definition) is 3. The molecule has 0 saturated heterocycles. The van der Waals surface area contributed by atoms with Gasteiger partial charge in [0.05, 0.1) is 13.3 Å². The average Bonchev–Trinajstić information content (AvgIpc) is 2.66. The molecular weight excluding hydrogens is 371 g/mol. The summed E-state index contributed by atoms with van der Waals surface area (Å²) in [5, 5.41) is 1.84. The molecule has 146 valence electrons. The first kappa shape index (κ1) is 21.7. The number of carbonyl (C=O) groups excluding carboxylic acids is 1. The molecule has 0 radical (unpaired) electrons. The zero-order chi connectivity index (χ0) is 20.1. The van der Waals surface area contributed by atoms with E-state index in [2.05, 4.69) is 45.0 Å². The predicted molar refractivity (Wildman–Crippen MR) is 117 cm³/mol. The Morgan fingerprint density at radius 3 is 1.63 bits per heavy atom. The fraction of sp³-hybridized carbons (Fsp3) is 0.409. The van der Waals surface area contributed by atoms with E-state index in [0.717, 1.165) is 10.4 Å². The van der Waals surface area contributed by atoms with Crippen molar-refractivity contribution in [2.45, 2.75) is 39.7 Å². The molecule has 0 heterocycles. The minimum atomic E-state index is -2.91. The normalized spacial score (nSPS) is 12.6. The van der Waals surface area contributed by atoms with E-state index in [1.165, 1.54) is 0 Å². The van der Waals surface area contributed by atoms with Gasteiger partial charge < -0.3 is 8.99 Å². The summed E-state index contributed by atoms with van der Waals surface area (Å²) in [4.78, 5) is 13.0. The van der Waals surface area contributed by atoms with Crippen LogP contribution in [0.3, 0.4) is 0 Å². The summed E-state index contributed by atoms with van der Waals surface area (Å²) in [6, 6.07) is 20.1. The molecule has 0 unspecified atom stereocenters. The zero-order valence-electron chi connectivity index (χ0n) is 17.1. The summed E-state index contributed by atoms with van der Waals surface area (Å²) < 4.78 is 19.3. The lowest BCUT2D eigenvalue weighted by Crippen LogP contribution is -2.67. The highest BCUT2D eigenvalue weighted by Gasteiger charge is 2.53. The highest BCUT2D eigenvalue weighted by Crippen LogP contribution is 2.45. The Labute approximate surface area is 164 Å². The molecule has 0 N–H and O–H groups in total. The van der Waals surface area contributed by atoms with Crippen LogP contribution in [0.25, 0.3) is 0 Å². The first-order valence-corrected chi connectivity index (χ1v) is 13.8. The Balaban J connectivity index is 2.59. The van der Waals surface area contributed by atoms with E-state index in [1.807, 2.05) is 50.2 Å². The number of benzene rings is 2. The molecule has 0 saturated carbocycles. The minimum Gasteiger partial charge on any atom is -0.509 e. The highest BCUT2D eigenvalue weighted by atomic mass is 31.2. The van der Waals surface area contributed by atoms with Gasteiger partial charge in [-0.25, -0.2) is 0 Å². The molecule has 0 fully saturated rings. The van der Waals surface area contributed by atoms with Crippen LogP contribution < -0.4 is 10.4 Å². The molecule has 0 aromatic heterocycles. The molecule has 0 atom stereocenters. The third-order valence-corrected chi connectivity index (χ3v) is 13.3. The van der Waals surface area contributed by atoms with Crippen molar-refractivity contribution in [3.8, 4) is 0 Å². The minimum absolute atomic E-state index is 0.0184. The summed E-state index contributed by atoms with van der Waals surface area (Å²) >= 11 is 0. The Morgan fingerprint density at radius 2 is 1.30 bits per heavy atom. The van der Waals surface area contributed by atoms with Crippen LogP contribution in [0.2, 0.25) is 5.04 Å². The van der Waals surface area contributed by atoms with Crippen molar-refractivity contribution in [3.63, 3.8) is 0 Å². The van der Waals surface area contributed by atoms with Crippen LogP contribution in [-0.2, 0) is 13.8 Å². The molecule has 0 spiro atoms. The fourth-order valence-corrected chi connectivity index (χ4v) is 9.43. The molecule has 0 aliphatic rings. The number of carbonyl (C=O) groups is 1. The topological polar surface area (TPSA) is 43.4 Å². The van der Waals surface area contributed by atoms with E-state index in [1.54, 1.807) is 0 Å². The van der Waals surface area contributed by atoms with Crippen molar-refractivity contribution in [2.24, 2.45) is 0 Å². The van der Waals surface area contributed by atoms with Crippen LogP contribution in [-0.4, -0.2) is 32.8 Å². The lowest BCUT2D eigenvalue weighted by Gasteiger charge is -2.42. The third kappa shape index (κ3) is 4.62. The SMILES string of the molecule is CCP(=O)(CC)CC(=O)O[Si](c1ccccc1)(c1ccccc1)C(C)(C)C. The number of hydrogen-bond donors (Lipinski definition) is 0. The monoisotopic (exact) mass is 402 g/mol. The molecule has 5 heteroatoms. The molecule has 27 heavy (non-hydrogen) atoms. The van der Waals surface area contributed by atoms with E-state index in [-0.39, 0.29) is 17.2 Å². The maximum Gasteiger partial charge on any atom is 0.323 e. The first-order chi connectivity index (χ1) is 12.7. The van der Waals surface area contributed by atoms with E-state index >= 15 is 0 Å². The van der Waals surface area contributed by atoms with Gasteiger partial charge in [0, 0.05) is 0 Å². The van der Waals surface area contributed by atoms with Gasteiger partial charge in [0.1, 0.15) is 0 Å². The van der Waals surface area contributed by atoms with Gasteiger partial charge in [-0.3, -0.25) is 4.79 Å². The van der Waals surface area contributed by atoms with Gasteiger partial charge in [0.2, 0.25) is 0 Å². The van der Waals surface area contributed by atoms with Gasteiger partial charge in [0.25, 0.3) is 5.97 Å². The predicted octanol–water partition coefficient (Wildman–Crippen LogP) is 4.49. The Bertz CT molecular complexity index is 750. The van der Waals surface area contributed by atoms with Crippen LogP contribution in [0.15, 0.2) is 60.7 Å². The lowest BCUT2D eigenvalue weighted by molar-refractivity contribution is -0.132. The first-order valence-electron chi connectivity index (χ1n) is 9.58. The molecule has 0 bridgehead atoms. The smallest absolute Gasteiger partial charge is 0.323 e. The van der Waals surface area contributed by atoms with Gasteiger partial charge in [0.15, 0.2) is 0 Å². The zero-order valence-corrected chi connectivity index (χ0v) is 19.0. The van der Waals surface area contributed by atoms with Crippen molar-refractivity contribution in [1.29, 1.82) is 0 Å². The van der Waals surface area contributed by atoms with E-state index < -0.39 is 15.5 Å². The van der Waals surface area contributed by atoms with Crippen LogP contribution in [0.5, 0.6) is 0 Å². The molecule has 2 rings (SSSR count). The van der Waals surface area contributed by atoms with Gasteiger partial charge in [-0.2, -0.15) is 0 Å². The van der Waals surface area contributed by atoms with Crippen molar-refractivity contribution >= 4 is 31.8 Å². The van der Waals surface area contributed by atoms with Gasteiger partial charge >= 0.3 is 8.32 Å². The second kappa shape index (κ2) is 8.58. The van der Waals surface area contributed by atoms with Gasteiger partial charge in [-0.15, -0.1) is 0 Å². The van der Waals surface area contributed by atoms with Crippen LogP contribution in [0, 0.1) is 0 Å². The Kier molecular flexibility index (Phi) is 6.88. The van der Waals surface area contributed by atoms with Crippen LogP contribution >= 0.6 is 7.14 Å². The van der Waals surface area contributed by atoms with Gasteiger partial charge in [-0.05, 0) is 27.7 Å². The molecule has 2 aromatic rings. The third-order valence-electron chi connectivity index (χ3n) is 5.25. The summed E-state index contributed by atoms with van der Waals surface area (Å²) in [5.41, 5.74) is 0. The Morgan fingerprint density at radius 1 is 0.889 bits per heavy atom. The number of rotatable bonds is 7. The maximum atomic E-state index is 13.0. The van der Waals surface area contributed by atoms with Crippen molar-refractivity contribution < 1.29 is 13.8 Å². The summed E-state index contributed by atoms with van der Waals surface area (Å²) in [6.45, 7) is 10.2. The van der Waals surface area contributed by atoms with E-state index in [4.69, 9.17) is 4.43 Å². The van der Waals surface area contributed by atoms with E-state index in [9.17, 15) is 9.36 Å². The molecule has 0 aliphatic heterocycles. The van der Waals surface area contributed by atoms with Crippen molar-refractivity contribution in [1.82, 2.24) is 0 Å². The standard InChI is InChI=1S/C22H31O3PSi/c1-6-26(24,7-2)18-21(23)25-27(22(3,4)5,19-14-10-8-11-15-19)20-16-12-9-13-17-20/h8-17H,6-7,18H2,1-5H3.